The standard InChI is InChI=1S/C16H28N2OS/c1-4-18(12-15-6-5-11-20-15)16(19)8-7-14(9-10-17)13(2)3/h5-6,11,13-14H,4,7-10,12,17H2,1-3H3. The monoisotopic (exact) mass is 296 g/mol. The molecule has 0 aliphatic rings. The van der Waals surface area contributed by atoms with Gasteiger partial charge < -0.3 is 10.6 Å². The second-order valence-corrected chi connectivity index (χ2v) is 6.64. The molecule has 1 rings (SSSR count). The van der Waals surface area contributed by atoms with Gasteiger partial charge in [0.05, 0.1) is 6.54 Å². The molecular weight excluding hydrogens is 268 g/mol. The van der Waals surface area contributed by atoms with Crippen molar-refractivity contribution in [3.63, 3.8) is 0 Å². The summed E-state index contributed by atoms with van der Waals surface area (Å²) < 4.78 is 0. The van der Waals surface area contributed by atoms with E-state index < -0.39 is 0 Å². The molecule has 0 radical (unpaired) electrons. The van der Waals surface area contributed by atoms with Crippen LogP contribution in [0, 0.1) is 11.8 Å². The van der Waals surface area contributed by atoms with Gasteiger partial charge in [-0.15, -0.1) is 11.3 Å². The fourth-order valence-electron chi connectivity index (χ4n) is 2.46. The van der Waals surface area contributed by atoms with Gasteiger partial charge in [0, 0.05) is 17.8 Å². The number of nitrogens with two attached hydrogens (primary N) is 1. The van der Waals surface area contributed by atoms with Gasteiger partial charge >= 0.3 is 0 Å². The van der Waals surface area contributed by atoms with E-state index in [1.54, 1.807) is 11.3 Å². The van der Waals surface area contributed by atoms with E-state index in [1.165, 1.54) is 4.88 Å². The molecule has 0 aliphatic carbocycles. The van der Waals surface area contributed by atoms with Crippen molar-refractivity contribution in [2.45, 2.75) is 46.6 Å². The van der Waals surface area contributed by atoms with Crippen molar-refractivity contribution in [1.29, 1.82) is 0 Å². The summed E-state index contributed by atoms with van der Waals surface area (Å²) in [7, 11) is 0. The van der Waals surface area contributed by atoms with Crippen LogP contribution in [0.3, 0.4) is 0 Å². The average Bonchev–Trinajstić information content (AvgIpc) is 2.93. The van der Waals surface area contributed by atoms with E-state index in [0.29, 0.717) is 24.8 Å². The van der Waals surface area contributed by atoms with Gasteiger partial charge in [-0.2, -0.15) is 0 Å². The summed E-state index contributed by atoms with van der Waals surface area (Å²) in [6, 6.07) is 4.13. The molecule has 1 atom stereocenters. The van der Waals surface area contributed by atoms with Gasteiger partial charge in [-0.1, -0.05) is 19.9 Å². The van der Waals surface area contributed by atoms with Crippen LogP contribution in [-0.4, -0.2) is 23.9 Å². The van der Waals surface area contributed by atoms with Gasteiger partial charge in [-0.3, -0.25) is 4.79 Å². The van der Waals surface area contributed by atoms with Crippen molar-refractivity contribution < 1.29 is 4.79 Å². The third-order valence-corrected chi connectivity index (χ3v) is 4.73. The minimum Gasteiger partial charge on any atom is -0.338 e. The molecular formula is C16H28N2OS. The molecule has 0 aromatic carbocycles. The quantitative estimate of drug-likeness (QED) is 0.758. The molecule has 0 saturated carbocycles. The maximum Gasteiger partial charge on any atom is 0.222 e. The Kier molecular flexibility index (Phi) is 7.85. The molecule has 0 fully saturated rings. The molecule has 114 valence electrons. The summed E-state index contributed by atoms with van der Waals surface area (Å²) in [5.41, 5.74) is 5.66. The average molecular weight is 296 g/mol. The maximum absolute atomic E-state index is 12.3. The van der Waals surface area contributed by atoms with Crippen LogP contribution in [0.15, 0.2) is 17.5 Å². The lowest BCUT2D eigenvalue weighted by atomic mass is 9.88. The second kappa shape index (κ2) is 9.14. The van der Waals surface area contributed by atoms with Crippen LogP contribution in [0.2, 0.25) is 0 Å². The lowest BCUT2D eigenvalue weighted by Gasteiger charge is -2.23. The van der Waals surface area contributed by atoms with Crippen molar-refractivity contribution in [1.82, 2.24) is 4.90 Å². The lowest BCUT2D eigenvalue weighted by Crippen LogP contribution is -2.30. The third-order valence-electron chi connectivity index (χ3n) is 3.87. The molecule has 1 amide bonds. The molecule has 0 bridgehead atoms. The van der Waals surface area contributed by atoms with Gasteiger partial charge in [0.25, 0.3) is 0 Å². The van der Waals surface area contributed by atoms with E-state index in [1.807, 2.05) is 17.9 Å². The van der Waals surface area contributed by atoms with Crippen molar-refractivity contribution in [2.75, 3.05) is 13.1 Å². The molecule has 20 heavy (non-hydrogen) atoms. The highest BCUT2D eigenvalue weighted by Gasteiger charge is 2.17. The van der Waals surface area contributed by atoms with Crippen molar-refractivity contribution in [3.8, 4) is 0 Å². The lowest BCUT2D eigenvalue weighted by molar-refractivity contribution is -0.132. The van der Waals surface area contributed by atoms with Gasteiger partial charge in [0.1, 0.15) is 0 Å². The van der Waals surface area contributed by atoms with Crippen LogP contribution in [0.5, 0.6) is 0 Å². The first-order valence-corrected chi connectivity index (χ1v) is 8.46. The first-order valence-electron chi connectivity index (χ1n) is 7.58. The number of thiophene rings is 1. The zero-order valence-corrected chi connectivity index (χ0v) is 13.8. The van der Waals surface area contributed by atoms with Crippen LogP contribution in [0.25, 0.3) is 0 Å². The van der Waals surface area contributed by atoms with Crippen LogP contribution < -0.4 is 5.73 Å². The van der Waals surface area contributed by atoms with Crippen LogP contribution in [0.1, 0.15) is 44.9 Å². The first-order chi connectivity index (χ1) is 9.58. The van der Waals surface area contributed by atoms with E-state index in [0.717, 1.165) is 25.9 Å². The summed E-state index contributed by atoms with van der Waals surface area (Å²) in [6.45, 7) is 8.72. The topological polar surface area (TPSA) is 46.3 Å². The van der Waals surface area contributed by atoms with Crippen LogP contribution in [-0.2, 0) is 11.3 Å². The fraction of sp³-hybridized carbons (Fsp3) is 0.688. The number of amides is 1. The van der Waals surface area contributed by atoms with E-state index in [9.17, 15) is 4.79 Å². The summed E-state index contributed by atoms with van der Waals surface area (Å²) in [4.78, 5) is 15.5. The van der Waals surface area contributed by atoms with Gasteiger partial charge in [-0.25, -0.2) is 0 Å². The Hall–Kier alpha value is -0.870. The fourth-order valence-corrected chi connectivity index (χ4v) is 3.18. The minimum atomic E-state index is 0.267. The van der Waals surface area contributed by atoms with E-state index in [-0.39, 0.29) is 5.91 Å². The molecule has 1 heterocycles. The highest BCUT2D eigenvalue weighted by Crippen LogP contribution is 2.21. The smallest absolute Gasteiger partial charge is 0.222 e. The van der Waals surface area contributed by atoms with Crippen LogP contribution >= 0.6 is 11.3 Å². The molecule has 1 aromatic heterocycles. The second-order valence-electron chi connectivity index (χ2n) is 5.61. The normalized spacial score (nSPS) is 12.7. The van der Waals surface area contributed by atoms with Crippen molar-refractivity contribution >= 4 is 17.2 Å². The highest BCUT2D eigenvalue weighted by atomic mass is 32.1. The molecule has 0 spiro atoms. The molecule has 1 unspecified atom stereocenters. The SMILES string of the molecule is CCN(Cc1cccs1)C(=O)CCC(CCN)C(C)C. The molecule has 4 heteroatoms. The molecule has 0 aliphatic heterocycles. The largest absolute Gasteiger partial charge is 0.338 e. The summed E-state index contributed by atoms with van der Waals surface area (Å²) in [5, 5.41) is 2.06. The predicted octanol–water partition coefficient (Wildman–Crippen LogP) is 3.50. The molecule has 1 aromatic rings. The predicted molar refractivity (Wildman–Crippen MR) is 86.6 cm³/mol. The van der Waals surface area contributed by atoms with E-state index >= 15 is 0 Å². The summed E-state index contributed by atoms with van der Waals surface area (Å²) in [6.07, 6.45) is 2.61. The Balaban J connectivity index is 2.46. The van der Waals surface area contributed by atoms with Crippen molar-refractivity contribution in [2.24, 2.45) is 17.6 Å². The first kappa shape index (κ1) is 17.2. The third kappa shape index (κ3) is 5.63. The zero-order valence-electron chi connectivity index (χ0n) is 13.0. The van der Waals surface area contributed by atoms with E-state index in [4.69, 9.17) is 5.73 Å². The minimum absolute atomic E-state index is 0.267. The van der Waals surface area contributed by atoms with Crippen LogP contribution in [0.4, 0.5) is 0 Å². The Morgan fingerprint density at radius 1 is 1.40 bits per heavy atom. The Morgan fingerprint density at radius 3 is 2.65 bits per heavy atom. The number of hydrogen-bond donors (Lipinski definition) is 1. The molecule has 2 N–H and O–H groups in total. The zero-order chi connectivity index (χ0) is 15.0. The van der Waals surface area contributed by atoms with Gasteiger partial charge in [0.2, 0.25) is 5.91 Å². The highest BCUT2D eigenvalue weighted by molar-refractivity contribution is 7.09. The maximum atomic E-state index is 12.3. The van der Waals surface area contributed by atoms with Crippen molar-refractivity contribution in [3.05, 3.63) is 22.4 Å². The number of carbonyl (C=O) groups is 1. The molecule has 3 nitrogen and oxygen atoms in total. The Bertz CT molecular complexity index is 376. The number of hydrogen-bond acceptors (Lipinski definition) is 3. The number of nitrogens with zero attached hydrogens (tertiary/aromatic N) is 1. The molecule has 0 saturated heterocycles. The summed E-state index contributed by atoms with van der Waals surface area (Å²) >= 11 is 1.71. The Labute approximate surface area is 127 Å². The number of carbonyl (C=O) groups excluding carboxylic acids is 1. The van der Waals surface area contributed by atoms with Gasteiger partial charge in [0.15, 0.2) is 0 Å². The van der Waals surface area contributed by atoms with E-state index in [2.05, 4.69) is 25.3 Å². The summed E-state index contributed by atoms with van der Waals surface area (Å²) in [5.74, 6) is 1.42. The Morgan fingerprint density at radius 2 is 2.15 bits per heavy atom. The van der Waals surface area contributed by atoms with Gasteiger partial charge in [-0.05, 0) is 49.6 Å². The number of rotatable bonds is 9.